The molecule has 0 unspecified atom stereocenters. The Morgan fingerprint density at radius 2 is 1.93 bits per heavy atom. The zero-order valence-corrected chi connectivity index (χ0v) is 16.9. The van der Waals surface area contributed by atoms with Crippen LogP contribution in [0.25, 0.3) is 0 Å². The Labute approximate surface area is 170 Å². The molecule has 5 atom stereocenters. The van der Waals surface area contributed by atoms with Crippen LogP contribution in [-0.2, 0) is 30.4 Å². The van der Waals surface area contributed by atoms with Crippen molar-refractivity contribution in [1.29, 1.82) is 0 Å². The summed E-state index contributed by atoms with van der Waals surface area (Å²) < 4.78 is 16.6. The molecule has 0 N–H and O–H groups in total. The molecule has 0 spiro atoms. The maximum absolute atomic E-state index is 12.5. The number of hydrogen-bond donors (Lipinski definition) is 0. The van der Waals surface area contributed by atoms with Gasteiger partial charge < -0.3 is 14.2 Å². The van der Waals surface area contributed by atoms with Crippen molar-refractivity contribution < 1.29 is 28.6 Å². The fraction of sp³-hybridized carbons (Fsp3) is 0.522. The lowest BCUT2D eigenvalue weighted by atomic mass is 9.59. The molecule has 0 radical (unpaired) electrons. The third-order valence-corrected chi connectivity index (χ3v) is 6.60. The summed E-state index contributed by atoms with van der Waals surface area (Å²) in [7, 11) is 0. The molecule has 4 rings (SSSR count). The Morgan fingerprint density at radius 3 is 2.66 bits per heavy atom. The average Bonchev–Trinajstić information content (AvgIpc) is 2.98. The summed E-state index contributed by atoms with van der Waals surface area (Å²) in [6, 6.07) is 9.37. The highest BCUT2D eigenvalue weighted by Crippen LogP contribution is 2.52. The molecule has 2 aliphatic carbocycles. The van der Waals surface area contributed by atoms with Crippen LogP contribution < -0.4 is 0 Å². The Morgan fingerprint density at radius 1 is 1.21 bits per heavy atom. The number of ether oxygens (including phenoxy) is 3. The lowest BCUT2D eigenvalue weighted by molar-refractivity contribution is -0.142. The minimum Gasteiger partial charge on any atom is -0.462 e. The van der Waals surface area contributed by atoms with Gasteiger partial charge in [-0.25, -0.2) is 4.79 Å². The van der Waals surface area contributed by atoms with Crippen molar-refractivity contribution in [3.8, 4) is 0 Å². The van der Waals surface area contributed by atoms with E-state index in [1.165, 1.54) is 0 Å². The summed E-state index contributed by atoms with van der Waals surface area (Å²) in [5.41, 5.74) is 1.06. The molecule has 3 aliphatic rings. The van der Waals surface area contributed by atoms with E-state index in [-0.39, 0.29) is 36.3 Å². The van der Waals surface area contributed by atoms with Crippen molar-refractivity contribution >= 4 is 17.9 Å². The van der Waals surface area contributed by atoms with E-state index in [4.69, 9.17) is 14.2 Å². The number of hydrogen-bond acceptors (Lipinski definition) is 6. The summed E-state index contributed by atoms with van der Waals surface area (Å²) in [4.78, 5) is 37.4. The van der Waals surface area contributed by atoms with Crippen LogP contribution in [0.4, 0.5) is 4.79 Å². The van der Waals surface area contributed by atoms with Crippen LogP contribution in [0.15, 0.2) is 42.0 Å². The van der Waals surface area contributed by atoms with Gasteiger partial charge >= 0.3 is 12.1 Å². The minimum absolute atomic E-state index is 0.114. The average molecular weight is 398 g/mol. The van der Waals surface area contributed by atoms with Crippen LogP contribution >= 0.6 is 0 Å². The first kappa shape index (κ1) is 19.7. The Balaban J connectivity index is 1.57. The normalized spacial score (nSPS) is 32.5. The zero-order valence-electron chi connectivity index (χ0n) is 16.9. The van der Waals surface area contributed by atoms with Crippen LogP contribution in [0.3, 0.4) is 0 Å². The molecule has 6 nitrogen and oxygen atoms in total. The van der Waals surface area contributed by atoms with Gasteiger partial charge in [0.25, 0.3) is 0 Å². The van der Waals surface area contributed by atoms with E-state index >= 15 is 0 Å². The fourth-order valence-electron chi connectivity index (χ4n) is 4.98. The molecule has 0 amide bonds. The second-order valence-electron chi connectivity index (χ2n) is 8.67. The summed E-state index contributed by atoms with van der Waals surface area (Å²) in [5.74, 6) is -1.08. The molecule has 1 aromatic rings. The number of carbonyl (C=O) groups is 3. The molecule has 1 saturated carbocycles. The van der Waals surface area contributed by atoms with Gasteiger partial charge in [-0.3, -0.25) is 9.59 Å². The van der Waals surface area contributed by atoms with Gasteiger partial charge in [-0.1, -0.05) is 42.0 Å². The lowest BCUT2D eigenvalue weighted by Crippen LogP contribution is -2.50. The Bertz CT molecular complexity index is 855. The highest BCUT2D eigenvalue weighted by atomic mass is 16.7. The van der Waals surface area contributed by atoms with Crippen molar-refractivity contribution in [2.24, 2.45) is 23.2 Å². The van der Waals surface area contributed by atoms with E-state index in [1.807, 2.05) is 57.2 Å². The number of fused-ring (bicyclic) bond motifs is 2. The SMILES string of the molecule is C[C@H]1OC(=O)[C@@H]2C=C3[C@@H](CCC(=O)C3(C)C)[C@H](OC(=O)OCc3ccccc3)[C@H]12. The summed E-state index contributed by atoms with van der Waals surface area (Å²) >= 11 is 0. The molecule has 1 aliphatic heterocycles. The van der Waals surface area contributed by atoms with E-state index in [2.05, 4.69) is 0 Å². The van der Waals surface area contributed by atoms with Gasteiger partial charge in [0.2, 0.25) is 0 Å². The molecule has 2 fully saturated rings. The molecule has 0 bridgehead atoms. The first-order chi connectivity index (χ1) is 13.8. The topological polar surface area (TPSA) is 78.9 Å². The summed E-state index contributed by atoms with van der Waals surface area (Å²) in [5, 5.41) is 0. The van der Waals surface area contributed by atoms with Crippen molar-refractivity contribution in [1.82, 2.24) is 0 Å². The molecule has 29 heavy (non-hydrogen) atoms. The highest BCUT2D eigenvalue weighted by molar-refractivity contribution is 5.89. The summed E-state index contributed by atoms with van der Waals surface area (Å²) in [6.07, 6.45) is 1.23. The maximum Gasteiger partial charge on any atom is 0.508 e. The number of Topliss-reactive ketones (excluding diaryl/α,β-unsaturated/α-hetero) is 1. The molecule has 1 heterocycles. The minimum atomic E-state index is -0.764. The lowest BCUT2D eigenvalue weighted by Gasteiger charge is -2.46. The van der Waals surface area contributed by atoms with Gasteiger partial charge in [0.05, 0.1) is 11.8 Å². The quantitative estimate of drug-likeness (QED) is 0.569. The monoisotopic (exact) mass is 398 g/mol. The van der Waals surface area contributed by atoms with Crippen LogP contribution in [-0.4, -0.2) is 30.1 Å². The number of cyclic esters (lactones) is 1. The smallest absolute Gasteiger partial charge is 0.462 e. The Hall–Kier alpha value is -2.63. The predicted molar refractivity (Wildman–Crippen MR) is 104 cm³/mol. The van der Waals surface area contributed by atoms with Crippen LogP contribution in [0.2, 0.25) is 0 Å². The second-order valence-corrected chi connectivity index (χ2v) is 8.67. The van der Waals surface area contributed by atoms with E-state index in [9.17, 15) is 14.4 Å². The molecule has 0 aromatic heterocycles. The molecule has 154 valence electrons. The van der Waals surface area contributed by atoms with E-state index < -0.39 is 23.6 Å². The van der Waals surface area contributed by atoms with Gasteiger partial charge in [0.15, 0.2) is 0 Å². The van der Waals surface area contributed by atoms with Crippen molar-refractivity contribution in [3.63, 3.8) is 0 Å². The number of benzene rings is 1. The van der Waals surface area contributed by atoms with Gasteiger partial charge in [-0.05, 0) is 32.8 Å². The van der Waals surface area contributed by atoms with Gasteiger partial charge in [-0.2, -0.15) is 0 Å². The van der Waals surface area contributed by atoms with Crippen molar-refractivity contribution in [2.45, 2.75) is 52.4 Å². The van der Waals surface area contributed by atoms with Crippen molar-refractivity contribution in [2.75, 3.05) is 0 Å². The third-order valence-electron chi connectivity index (χ3n) is 6.60. The number of rotatable bonds is 3. The summed E-state index contributed by atoms with van der Waals surface area (Å²) in [6.45, 7) is 5.69. The molecule has 1 aromatic carbocycles. The van der Waals surface area contributed by atoms with Gasteiger partial charge in [0, 0.05) is 17.8 Å². The van der Waals surface area contributed by atoms with Crippen LogP contribution in [0.5, 0.6) is 0 Å². The predicted octanol–water partition coefficient (Wildman–Crippen LogP) is 3.83. The number of esters is 1. The first-order valence-corrected chi connectivity index (χ1v) is 10.1. The van der Waals surface area contributed by atoms with Crippen LogP contribution in [0, 0.1) is 23.2 Å². The first-order valence-electron chi connectivity index (χ1n) is 10.1. The maximum atomic E-state index is 12.5. The van der Waals surface area contributed by atoms with Gasteiger partial charge in [0.1, 0.15) is 24.6 Å². The number of carbonyl (C=O) groups excluding carboxylic acids is 3. The third kappa shape index (κ3) is 3.45. The standard InChI is InChI=1S/C23H26O6/c1-13-19-16(21(25)28-13)11-17-15(9-10-18(24)23(17,2)3)20(19)29-22(26)27-12-14-7-5-4-6-8-14/h4-8,11,13,15-16,19-20H,9-10,12H2,1-3H3/t13-,15-,16-,19-,20+/m1/s1. The second kappa shape index (κ2) is 7.32. The highest BCUT2D eigenvalue weighted by Gasteiger charge is 2.57. The van der Waals surface area contributed by atoms with E-state index in [1.54, 1.807) is 0 Å². The van der Waals surface area contributed by atoms with Crippen LogP contribution in [0.1, 0.15) is 39.2 Å². The molecular weight excluding hydrogens is 372 g/mol. The molecule has 1 saturated heterocycles. The number of ketones is 1. The molecule has 6 heteroatoms. The van der Waals surface area contributed by atoms with E-state index in [0.717, 1.165) is 11.1 Å². The van der Waals surface area contributed by atoms with Gasteiger partial charge in [-0.15, -0.1) is 0 Å². The van der Waals surface area contributed by atoms with E-state index in [0.29, 0.717) is 12.8 Å². The van der Waals surface area contributed by atoms with Crippen molar-refractivity contribution in [3.05, 3.63) is 47.5 Å². The fourth-order valence-corrected chi connectivity index (χ4v) is 4.98. The zero-order chi connectivity index (χ0) is 20.8. The largest absolute Gasteiger partial charge is 0.508 e. The molecular formula is C23H26O6. The Kier molecular flexibility index (Phi) is 4.97.